The number of sulfonamides is 1. The molecule has 8 nitrogen and oxygen atoms in total. The number of benzene rings is 2. The predicted octanol–water partition coefficient (Wildman–Crippen LogP) is 4.89. The fraction of sp³-hybridized carbons (Fsp3) is 0.174. The van der Waals surface area contributed by atoms with Gasteiger partial charge in [-0.25, -0.2) is 27.9 Å². The number of fused-ring (bicyclic) bond motifs is 1. The summed E-state index contributed by atoms with van der Waals surface area (Å²) in [6.07, 6.45) is 3.18. The van der Waals surface area contributed by atoms with Crippen LogP contribution in [0.2, 0.25) is 0 Å². The SMILES string of the molecule is CCCCNC(=O)NS(=O)(=O)c1ccc(Nc2ncnc3scc(-c4ccccc4)c23)cc1. The Kier molecular flexibility index (Phi) is 6.85. The van der Waals surface area contributed by atoms with E-state index in [0.29, 0.717) is 18.1 Å². The summed E-state index contributed by atoms with van der Waals surface area (Å²) >= 11 is 1.54. The zero-order valence-electron chi connectivity index (χ0n) is 17.9. The molecule has 0 radical (unpaired) electrons. The van der Waals surface area contributed by atoms with Crippen molar-refractivity contribution in [1.82, 2.24) is 20.0 Å². The van der Waals surface area contributed by atoms with Gasteiger partial charge in [0.1, 0.15) is 17.0 Å². The highest BCUT2D eigenvalue weighted by Gasteiger charge is 2.18. The van der Waals surface area contributed by atoms with Gasteiger partial charge in [0.05, 0.1) is 10.3 Å². The fourth-order valence-electron chi connectivity index (χ4n) is 3.25. The summed E-state index contributed by atoms with van der Waals surface area (Å²) < 4.78 is 27.0. The van der Waals surface area contributed by atoms with Crippen molar-refractivity contribution in [2.45, 2.75) is 24.7 Å². The first kappa shape index (κ1) is 22.7. The zero-order chi connectivity index (χ0) is 23.3. The van der Waals surface area contributed by atoms with Crippen LogP contribution in [0.5, 0.6) is 0 Å². The summed E-state index contributed by atoms with van der Waals surface area (Å²) in [6.45, 7) is 2.40. The lowest BCUT2D eigenvalue weighted by Gasteiger charge is -2.11. The summed E-state index contributed by atoms with van der Waals surface area (Å²) in [4.78, 5) is 21.5. The standard InChI is InChI=1S/C23H23N5O3S2/c1-2-3-13-24-23(29)28-33(30,31)18-11-9-17(10-12-18)27-21-20-19(16-7-5-4-6-8-16)14-32-22(20)26-15-25-21/h4-12,14-15H,2-3,13H2,1H3,(H2,24,28,29)(H,25,26,27). The van der Waals surface area contributed by atoms with Gasteiger partial charge in [-0.05, 0) is 36.2 Å². The maximum atomic E-state index is 12.5. The fourth-order valence-corrected chi connectivity index (χ4v) is 5.09. The van der Waals surface area contributed by atoms with E-state index in [1.165, 1.54) is 29.8 Å². The number of carbonyl (C=O) groups excluding carboxylic acids is 1. The molecule has 0 spiro atoms. The number of thiophene rings is 1. The highest BCUT2D eigenvalue weighted by atomic mass is 32.2. The van der Waals surface area contributed by atoms with E-state index in [4.69, 9.17) is 0 Å². The molecule has 0 unspecified atom stereocenters. The summed E-state index contributed by atoms with van der Waals surface area (Å²) in [5, 5.41) is 8.74. The molecule has 0 bridgehead atoms. The molecule has 33 heavy (non-hydrogen) atoms. The first-order valence-electron chi connectivity index (χ1n) is 10.4. The van der Waals surface area contributed by atoms with Crippen LogP contribution in [0.25, 0.3) is 21.3 Å². The van der Waals surface area contributed by atoms with Crippen LogP contribution in [0, 0.1) is 0 Å². The molecule has 10 heteroatoms. The van der Waals surface area contributed by atoms with Crippen LogP contribution in [0.15, 0.2) is 71.2 Å². The van der Waals surface area contributed by atoms with Gasteiger partial charge >= 0.3 is 6.03 Å². The normalized spacial score (nSPS) is 11.3. The predicted molar refractivity (Wildman–Crippen MR) is 131 cm³/mol. The molecule has 2 heterocycles. The van der Waals surface area contributed by atoms with Crippen molar-refractivity contribution >= 4 is 49.1 Å². The lowest BCUT2D eigenvalue weighted by Crippen LogP contribution is -2.39. The second kappa shape index (κ2) is 9.97. The first-order chi connectivity index (χ1) is 16.0. The minimum absolute atomic E-state index is 0.00738. The Morgan fingerprint density at radius 2 is 1.79 bits per heavy atom. The average Bonchev–Trinajstić information content (AvgIpc) is 3.25. The van der Waals surface area contributed by atoms with E-state index in [2.05, 4.69) is 20.6 Å². The van der Waals surface area contributed by atoms with Crippen molar-refractivity contribution in [1.29, 1.82) is 0 Å². The Balaban J connectivity index is 1.54. The van der Waals surface area contributed by atoms with E-state index in [9.17, 15) is 13.2 Å². The third kappa shape index (κ3) is 5.29. The summed E-state index contributed by atoms with van der Waals surface area (Å²) in [7, 11) is -3.97. The van der Waals surface area contributed by atoms with Gasteiger partial charge in [0.2, 0.25) is 0 Å². The van der Waals surface area contributed by atoms with Gasteiger partial charge in [0.15, 0.2) is 0 Å². The van der Waals surface area contributed by atoms with Crippen LogP contribution in [-0.2, 0) is 10.0 Å². The van der Waals surface area contributed by atoms with Gasteiger partial charge in [0.25, 0.3) is 10.0 Å². The van der Waals surface area contributed by atoms with Crippen molar-refractivity contribution in [2.24, 2.45) is 0 Å². The van der Waals surface area contributed by atoms with Crippen molar-refractivity contribution < 1.29 is 13.2 Å². The van der Waals surface area contributed by atoms with Crippen LogP contribution >= 0.6 is 11.3 Å². The first-order valence-corrected chi connectivity index (χ1v) is 12.8. The molecule has 0 aliphatic carbocycles. The number of unbranched alkanes of at least 4 members (excludes halogenated alkanes) is 1. The van der Waals surface area contributed by atoms with Crippen molar-refractivity contribution in [2.75, 3.05) is 11.9 Å². The Morgan fingerprint density at radius 1 is 1.03 bits per heavy atom. The molecule has 0 aliphatic rings. The van der Waals surface area contributed by atoms with Crippen molar-refractivity contribution in [3.63, 3.8) is 0 Å². The maximum Gasteiger partial charge on any atom is 0.328 e. The molecule has 2 amide bonds. The van der Waals surface area contributed by atoms with Crippen molar-refractivity contribution in [3.8, 4) is 11.1 Å². The highest BCUT2D eigenvalue weighted by molar-refractivity contribution is 7.90. The van der Waals surface area contributed by atoms with Crippen LogP contribution in [0.3, 0.4) is 0 Å². The lowest BCUT2D eigenvalue weighted by molar-refractivity contribution is 0.245. The van der Waals surface area contributed by atoms with Gasteiger partial charge in [0, 0.05) is 23.2 Å². The van der Waals surface area contributed by atoms with Gasteiger partial charge in [-0.3, -0.25) is 0 Å². The third-order valence-electron chi connectivity index (χ3n) is 4.93. The number of carbonyl (C=O) groups is 1. The van der Waals surface area contributed by atoms with Gasteiger partial charge < -0.3 is 10.6 Å². The largest absolute Gasteiger partial charge is 0.340 e. The number of aromatic nitrogens is 2. The molecule has 2 aromatic carbocycles. The number of urea groups is 1. The highest BCUT2D eigenvalue weighted by Crippen LogP contribution is 2.37. The number of hydrogen-bond donors (Lipinski definition) is 3. The Morgan fingerprint density at radius 3 is 2.52 bits per heavy atom. The molecule has 170 valence electrons. The third-order valence-corrected chi connectivity index (χ3v) is 7.16. The number of nitrogens with zero attached hydrogens (tertiary/aromatic N) is 2. The Hall–Kier alpha value is -3.50. The van der Waals surface area contributed by atoms with Crippen LogP contribution < -0.4 is 15.4 Å². The molecule has 3 N–H and O–H groups in total. The van der Waals surface area contributed by atoms with Crippen LogP contribution in [0.4, 0.5) is 16.3 Å². The molecular formula is C23H23N5O3S2. The molecular weight excluding hydrogens is 458 g/mol. The number of nitrogens with one attached hydrogen (secondary N) is 3. The van der Waals surface area contributed by atoms with E-state index < -0.39 is 16.1 Å². The summed E-state index contributed by atoms with van der Waals surface area (Å²) in [5.74, 6) is 0.629. The molecule has 0 aliphatic heterocycles. The number of rotatable bonds is 8. The average molecular weight is 482 g/mol. The molecule has 0 saturated carbocycles. The van der Waals surface area contributed by atoms with Crippen LogP contribution in [-0.4, -0.2) is 31.0 Å². The minimum Gasteiger partial charge on any atom is -0.340 e. The Labute approximate surface area is 196 Å². The molecule has 4 rings (SSSR count). The second-order valence-electron chi connectivity index (χ2n) is 7.28. The monoisotopic (exact) mass is 481 g/mol. The van der Waals surface area contributed by atoms with Gasteiger partial charge in [-0.1, -0.05) is 43.7 Å². The smallest absolute Gasteiger partial charge is 0.328 e. The molecule has 0 saturated heterocycles. The minimum atomic E-state index is -3.97. The van der Waals surface area contributed by atoms with E-state index in [1.807, 2.05) is 47.4 Å². The lowest BCUT2D eigenvalue weighted by atomic mass is 10.1. The van der Waals surface area contributed by atoms with E-state index in [-0.39, 0.29) is 4.90 Å². The molecule has 0 fully saturated rings. The van der Waals surface area contributed by atoms with E-state index in [1.54, 1.807) is 12.1 Å². The Bertz CT molecular complexity index is 1350. The summed E-state index contributed by atoms with van der Waals surface area (Å²) in [5.41, 5.74) is 2.74. The van der Waals surface area contributed by atoms with Crippen LogP contribution in [0.1, 0.15) is 19.8 Å². The number of hydrogen-bond acceptors (Lipinski definition) is 7. The number of amides is 2. The molecule has 4 aromatic rings. The van der Waals surface area contributed by atoms with E-state index >= 15 is 0 Å². The molecule has 0 atom stereocenters. The summed E-state index contributed by atoms with van der Waals surface area (Å²) in [6, 6.07) is 15.4. The topological polar surface area (TPSA) is 113 Å². The quantitative estimate of drug-likeness (QED) is 0.309. The number of anilines is 2. The van der Waals surface area contributed by atoms with Gasteiger partial charge in [-0.2, -0.15) is 0 Å². The second-order valence-corrected chi connectivity index (χ2v) is 9.82. The molecule has 2 aromatic heterocycles. The van der Waals surface area contributed by atoms with Gasteiger partial charge in [-0.15, -0.1) is 11.3 Å². The maximum absolute atomic E-state index is 12.5. The van der Waals surface area contributed by atoms with Crippen molar-refractivity contribution in [3.05, 3.63) is 66.3 Å². The zero-order valence-corrected chi connectivity index (χ0v) is 19.5. The van der Waals surface area contributed by atoms with E-state index in [0.717, 1.165) is 34.2 Å².